The summed E-state index contributed by atoms with van der Waals surface area (Å²) >= 11 is 0. The lowest BCUT2D eigenvalue weighted by Crippen LogP contribution is -2.31. The Morgan fingerprint density at radius 3 is 2.55 bits per heavy atom. The van der Waals surface area contributed by atoms with E-state index in [1.54, 1.807) is 12.1 Å². The largest absolute Gasteiger partial charge is 0.467 e. The van der Waals surface area contributed by atoms with Crippen LogP contribution in [0.1, 0.15) is 17.4 Å². The first-order valence-corrected chi connectivity index (χ1v) is 7.95. The van der Waals surface area contributed by atoms with Crippen molar-refractivity contribution in [3.05, 3.63) is 60.1 Å². The van der Waals surface area contributed by atoms with Gasteiger partial charge in [0.15, 0.2) is 0 Å². The van der Waals surface area contributed by atoms with Gasteiger partial charge >= 0.3 is 0 Å². The van der Waals surface area contributed by atoms with Crippen LogP contribution in [0, 0.1) is 0 Å². The van der Waals surface area contributed by atoms with Crippen molar-refractivity contribution in [2.45, 2.75) is 12.5 Å². The van der Waals surface area contributed by atoms with Crippen LogP contribution in [0.15, 0.2) is 53.1 Å². The Morgan fingerprint density at radius 2 is 1.90 bits per heavy atom. The molecule has 1 heterocycles. The van der Waals surface area contributed by atoms with E-state index in [0.717, 1.165) is 5.56 Å². The fourth-order valence-electron chi connectivity index (χ4n) is 1.76. The smallest absolute Gasteiger partial charge is 0.212 e. The summed E-state index contributed by atoms with van der Waals surface area (Å²) < 4.78 is 31.0. The fourth-order valence-corrected chi connectivity index (χ4v) is 2.82. The van der Waals surface area contributed by atoms with Gasteiger partial charge in [0.1, 0.15) is 11.9 Å². The lowest BCUT2D eigenvalue weighted by molar-refractivity contribution is 0.154. The van der Waals surface area contributed by atoms with E-state index in [4.69, 9.17) is 4.42 Å². The van der Waals surface area contributed by atoms with Crippen molar-refractivity contribution in [2.24, 2.45) is 0 Å². The predicted octanol–water partition coefficient (Wildman–Crippen LogP) is 1.48. The second kappa shape index (κ2) is 6.69. The summed E-state index contributed by atoms with van der Waals surface area (Å²) in [5, 5.41) is 9.74. The van der Waals surface area contributed by atoms with Crippen molar-refractivity contribution in [2.75, 3.05) is 12.3 Å². The maximum absolute atomic E-state index is 11.8. The Hall–Kier alpha value is -1.63. The SMILES string of the molecule is O=S(=O)(CCc1ccccc1)NCC(O)c1ccco1. The number of sulfonamides is 1. The molecule has 0 bridgehead atoms. The van der Waals surface area contributed by atoms with Crippen molar-refractivity contribution in [1.82, 2.24) is 4.72 Å². The van der Waals surface area contributed by atoms with Gasteiger partial charge in [-0.3, -0.25) is 0 Å². The zero-order chi connectivity index (χ0) is 14.4. The van der Waals surface area contributed by atoms with Gasteiger partial charge in [0.05, 0.1) is 12.0 Å². The number of hydrogen-bond donors (Lipinski definition) is 2. The topological polar surface area (TPSA) is 79.5 Å². The molecule has 0 fully saturated rings. The van der Waals surface area contributed by atoms with Crippen molar-refractivity contribution in [3.8, 4) is 0 Å². The van der Waals surface area contributed by atoms with Gasteiger partial charge in [0, 0.05) is 6.54 Å². The molecule has 1 atom stereocenters. The van der Waals surface area contributed by atoms with Crippen LogP contribution in [-0.4, -0.2) is 25.8 Å². The third-order valence-corrected chi connectivity index (χ3v) is 4.22. The van der Waals surface area contributed by atoms with Gasteiger partial charge in [-0.05, 0) is 24.1 Å². The highest BCUT2D eigenvalue weighted by Crippen LogP contribution is 2.12. The third kappa shape index (κ3) is 4.48. The number of rotatable bonds is 7. The molecular weight excluding hydrogens is 278 g/mol. The summed E-state index contributed by atoms with van der Waals surface area (Å²) in [7, 11) is -3.42. The zero-order valence-corrected chi connectivity index (χ0v) is 11.7. The first-order valence-electron chi connectivity index (χ1n) is 6.29. The van der Waals surface area contributed by atoms with E-state index >= 15 is 0 Å². The second-order valence-electron chi connectivity index (χ2n) is 4.43. The highest BCUT2D eigenvalue weighted by molar-refractivity contribution is 7.89. The monoisotopic (exact) mass is 295 g/mol. The van der Waals surface area contributed by atoms with Gasteiger partial charge in [-0.2, -0.15) is 0 Å². The average Bonchev–Trinajstić information content (AvgIpc) is 2.98. The molecule has 20 heavy (non-hydrogen) atoms. The molecule has 0 radical (unpaired) electrons. The first-order chi connectivity index (χ1) is 9.57. The summed E-state index contributed by atoms with van der Waals surface area (Å²) in [5.74, 6) is 0.331. The molecule has 1 aromatic carbocycles. The van der Waals surface area contributed by atoms with Gasteiger partial charge in [0.2, 0.25) is 10.0 Å². The molecule has 0 aliphatic heterocycles. The third-order valence-electron chi connectivity index (χ3n) is 2.87. The Balaban J connectivity index is 1.82. The van der Waals surface area contributed by atoms with Crippen molar-refractivity contribution in [3.63, 3.8) is 0 Å². The van der Waals surface area contributed by atoms with Crippen LogP contribution in [0.5, 0.6) is 0 Å². The normalized spacial score (nSPS) is 13.2. The van der Waals surface area contributed by atoms with Crippen LogP contribution >= 0.6 is 0 Å². The molecule has 0 aliphatic carbocycles. The minimum absolute atomic E-state index is 0.0120. The molecule has 108 valence electrons. The fraction of sp³-hybridized carbons (Fsp3) is 0.286. The average molecular weight is 295 g/mol. The van der Waals surface area contributed by atoms with E-state index in [1.807, 2.05) is 30.3 Å². The number of aliphatic hydroxyl groups excluding tert-OH is 1. The van der Waals surface area contributed by atoms with Crippen LogP contribution < -0.4 is 4.72 Å². The van der Waals surface area contributed by atoms with Gasteiger partial charge in [-0.15, -0.1) is 0 Å². The van der Waals surface area contributed by atoms with Crippen molar-refractivity contribution >= 4 is 10.0 Å². The van der Waals surface area contributed by atoms with Crippen LogP contribution in [0.25, 0.3) is 0 Å². The van der Waals surface area contributed by atoms with Gasteiger partial charge < -0.3 is 9.52 Å². The molecule has 0 saturated heterocycles. The molecule has 1 aromatic heterocycles. The molecule has 2 rings (SSSR count). The van der Waals surface area contributed by atoms with E-state index in [2.05, 4.69) is 4.72 Å². The predicted molar refractivity (Wildman–Crippen MR) is 75.6 cm³/mol. The van der Waals surface area contributed by atoms with Crippen LogP contribution in [0.2, 0.25) is 0 Å². The number of nitrogens with one attached hydrogen (secondary N) is 1. The Labute approximate surface area is 118 Å². The summed E-state index contributed by atoms with van der Waals surface area (Å²) in [6.45, 7) is -0.0926. The number of aliphatic hydroxyl groups is 1. The van der Waals surface area contributed by atoms with E-state index in [1.165, 1.54) is 6.26 Å². The maximum atomic E-state index is 11.8. The van der Waals surface area contributed by atoms with Gasteiger partial charge in [0.25, 0.3) is 0 Å². The minimum Gasteiger partial charge on any atom is -0.467 e. The summed E-state index contributed by atoms with van der Waals surface area (Å²) in [4.78, 5) is 0. The molecule has 2 N–H and O–H groups in total. The highest BCUT2D eigenvalue weighted by Gasteiger charge is 2.15. The summed E-state index contributed by atoms with van der Waals surface area (Å²) in [6, 6.07) is 12.6. The lowest BCUT2D eigenvalue weighted by Gasteiger charge is -2.10. The molecule has 5 nitrogen and oxygen atoms in total. The summed E-state index contributed by atoms with van der Waals surface area (Å²) in [5.41, 5.74) is 0.962. The highest BCUT2D eigenvalue weighted by atomic mass is 32.2. The molecule has 0 spiro atoms. The molecular formula is C14H17NO4S. The Bertz CT molecular complexity index is 608. The van der Waals surface area contributed by atoms with Gasteiger partial charge in [-0.1, -0.05) is 30.3 Å². The Kier molecular flexibility index (Phi) is 4.94. The van der Waals surface area contributed by atoms with E-state index < -0.39 is 16.1 Å². The second-order valence-corrected chi connectivity index (χ2v) is 6.36. The molecule has 0 aliphatic rings. The molecule has 0 saturated carbocycles. The van der Waals surface area contributed by atoms with E-state index in [9.17, 15) is 13.5 Å². The molecule has 0 amide bonds. The number of hydrogen-bond acceptors (Lipinski definition) is 4. The number of aryl methyl sites for hydroxylation is 1. The van der Waals surface area contributed by atoms with Crippen molar-refractivity contribution in [1.29, 1.82) is 0 Å². The molecule has 1 unspecified atom stereocenters. The number of furan rings is 1. The minimum atomic E-state index is -3.42. The van der Waals surface area contributed by atoms with Crippen LogP contribution in [-0.2, 0) is 16.4 Å². The quantitative estimate of drug-likeness (QED) is 0.811. The van der Waals surface area contributed by atoms with Gasteiger partial charge in [-0.25, -0.2) is 13.1 Å². The van der Waals surface area contributed by atoms with E-state index in [-0.39, 0.29) is 12.3 Å². The first kappa shape index (κ1) is 14.8. The van der Waals surface area contributed by atoms with E-state index in [0.29, 0.717) is 12.2 Å². The maximum Gasteiger partial charge on any atom is 0.212 e. The lowest BCUT2D eigenvalue weighted by atomic mass is 10.2. The zero-order valence-electron chi connectivity index (χ0n) is 10.9. The standard InChI is InChI=1S/C14H17NO4S/c16-13(14-7-4-9-19-14)11-15-20(17,18)10-8-12-5-2-1-3-6-12/h1-7,9,13,15-16H,8,10-11H2. The molecule has 2 aromatic rings. The number of benzene rings is 1. The van der Waals surface area contributed by atoms with Crippen LogP contribution in [0.4, 0.5) is 0 Å². The molecule has 6 heteroatoms. The van der Waals surface area contributed by atoms with Crippen molar-refractivity contribution < 1.29 is 17.9 Å². The Morgan fingerprint density at radius 1 is 1.15 bits per heavy atom. The van der Waals surface area contributed by atoms with Crippen LogP contribution in [0.3, 0.4) is 0 Å². The summed E-state index contributed by atoms with van der Waals surface area (Å²) in [6.07, 6.45) is 0.895.